The molecule has 0 aliphatic rings. The van der Waals surface area contributed by atoms with Crippen molar-refractivity contribution in [3.8, 4) is 0 Å². The lowest BCUT2D eigenvalue weighted by atomic mass is 10.1. The van der Waals surface area contributed by atoms with E-state index in [1.807, 2.05) is 0 Å². The molecule has 0 aliphatic heterocycles. The first-order valence-corrected chi connectivity index (χ1v) is 2.89. The Bertz CT molecular complexity index is 106. The molecule has 0 rings (SSSR count). The molecule has 62 valence electrons. The Balaban J connectivity index is 3.89. The molecule has 0 saturated carbocycles. The molecule has 0 fully saturated rings. The van der Waals surface area contributed by atoms with Gasteiger partial charge >= 0.3 is 6.18 Å². The van der Waals surface area contributed by atoms with Crippen molar-refractivity contribution in [2.24, 2.45) is 0 Å². The second kappa shape index (κ2) is 2.78. The number of rotatable bonds is 2. The van der Waals surface area contributed by atoms with Crippen LogP contribution in [0.3, 0.4) is 0 Å². The van der Waals surface area contributed by atoms with Gasteiger partial charge < -0.3 is 4.74 Å². The SMILES string of the molecule is COC(C)(C)CC(F)(F)F. The fraction of sp³-hybridized carbons (Fsp3) is 1.00. The molecule has 0 amide bonds. The standard InChI is InChI=1S/C6H11F3O/c1-5(2,10-3)4-6(7,8)9/h4H2,1-3H3. The third-order valence-corrected chi connectivity index (χ3v) is 1.18. The molecule has 0 bridgehead atoms. The third-order valence-electron chi connectivity index (χ3n) is 1.18. The van der Waals surface area contributed by atoms with Gasteiger partial charge in [0.05, 0.1) is 12.0 Å². The number of hydrogen-bond acceptors (Lipinski definition) is 1. The van der Waals surface area contributed by atoms with Crippen LogP contribution in [0.2, 0.25) is 0 Å². The molecule has 0 saturated heterocycles. The number of hydrogen-bond donors (Lipinski definition) is 0. The van der Waals surface area contributed by atoms with E-state index in [0.29, 0.717) is 0 Å². The first-order chi connectivity index (χ1) is 4.27. The molecule has 0 aromatic heterocycles. The van der Waals surface area contributed by atoms with E-state index in [-0.39, 0.29) is 0 Å². The molecule has 0 radical (unpaired) electrons. The minimum atomic E-state index is -4.14. The maximum absolute atomic E-state index is 11.7. The predicted molar refractivity (Wildman–Crippen MR) is 31.8 cm³/mol. The summed E-state index contributed by atoms with van der Waals surface area (Å²) in [7, 11) is 1.27. The third kappa shape index (κ3) is 4.61. The van der Waals surface area contributed by atoms with Gasteiger partial charge in [0.15, 0.2) is 0 Å². The van der Waals surface area contributed by atoms with Gasteiger partial charge in [-0.05, 0) is 13.8 Å². The lowest BCUT2D eigenvalue weighted by Crippen LogP contribution is -2.29. The Morgan fingerprint density at radius 1 is 1.20 bits per heavy atom. The first kappa shape index (κ1) is 9.75. The van der Waals surface area contributed by atoms with Crippen LogP contribution in [0.4, 0.5) is 13.2 Å². The summed E-state index contributed by atoms with van der Waals surface area (Å²) in [4.78, 5) is 0. The zero-order valence-electron chi connectivity index (χ0n) is 6.25. The molecule has 0 atom stereocenters. The zero-order chi connectivity index (χ0) is 8.41. The Kier molecular flexibility index (Phi) is 2.71. The number of ether oxygens (including phenoxy) is 1. The van der Waals surface area contributed by atoms with E-state index in [1.54, 1.807) is 0 Å². The molecular formula is C6H11F3O. The fourth-order valence-corrected chi connectivity index (χ4v) is 0.555. The van der Waals surface area contributed by atoms with Gasteiger partial charge in [0.2, 0.25) is 0 Å². The van der Waals surface area contributed by atoms with Gasteiger partial charge in [-0.1, -0.05) is 0 Å². The van der Waals surface area contributed by atoms with Crippen molar-refractivity contribution >= 4 is 0 Å². The summed E-state index contributed by atoms with van der Waals surface area (Å²) < 4.78 is 39.6. The fourth-order valence-electron chi connectivity index (χ4n) is 0.555. The van der Waals surface area contributed by atoms with Gasteiger partial charge in [-0.3, -0.25) is 0 Å². The van der Waals surface area contributed by atoms with Gasteiger partial charge in [-0.25, -0.2) is 0 Å². The highest BCUT2D eigenvalue weighted by atomic mass is 19.4. The molecule has 0 aromatic carbocycles. The maximum atomic E-state index is 11.7. The number of alkyl halides is 3. The summed E-state index contributed by atoms with van der Waals surface area (Å²) in [5.74, 6) is 0. The smallest absolute Gasteiger partial charge is 0.378 e. The van der Waals surface area contributed by atoms with Crippen molar-refractivity contribution in [1.82, 2.24) is 0 Å². The molecule has 0 unspecified atom stereocenters. The normalized spacial score (nSPS) is 13.8. The van der Waals surface area contributed by atoms with Crippen molar-refractivity contribution < 1.29 is 17.9 Å². The topological polar surface area (TPSA) is 9.23 Å². The molecule has 0 N–H and O–H groups in total. The lowest BCUT2D eigenvalue weighted by molar-refractivity contribution is -0.174. The quantitative estimate of drug-likeness (QED) is 0.596. The van der Waals surface area contributed by atoms with Crippen LogP contribution in [-0.4, -0.2) is 18.9 Å². The van der Waals surface area contributed by atoms with E-state index < -0.39 is 18.2 Å². The summed E-state index contributed by atoms with van der Waals surface area (Å²) in [6.45, 7) is 2.81. The van der Waals surface area contributed by atoms with Gasteiger partial charge in [0.25, 0.3) is 0 Å². The monoisotopic (exact) mass is 156 g/mol. The number of methoxy groups -OCH3 is 1. The van der Waals surface area contributed by atoms with Crippen LogP contribution in [0.25, 0.3) is 0 Å². The molecule has 4 heteroatoms. The van der Waals surface area contributed by atoms with E-state index in [1.165, 1.54) is 21.0 Å². The Hall–Kier alpha value is -0.250. The van der Waals surface area contributed by atoms with Crippen molar-refractivity contribution in [3.05, 3.63) is 0 Å². The van der Waals surface area contributed by atoms with Gasteiger partial charge in [-0.2, -0.15) is 13.2 Å². The molecule has 0 aliphatic carbocycles. The average molecular weight is 156 g/mol. The van der Waals surface area contributed by atoms with Gasteiger partial charge in [-0.15, -0.1) is 0 Å². The van der Waals surface area contributed by atoms with Crippen molar-refractivity contribution in [2.75, 3.05) is 7.11 Å². The van der Waals surface area contributed by atoms with Crippen LogP contribution < -0.4 is 0 Å². The molecule has 0 spiro atoms. The second-order valence-corrected chi connectivity index (χ2v) is 2.76. The minimum Gasteiger partial charge on any atom is -0.378 e. The predicted octanol–water partition coefficient (Wildman–Crippen LogP) is 2.36. The molecule has 1 nitrogen and oxygen atoms in total. The number of halogens is 3. The lowest BCUT2D eigenvalue weighted by Gasteiger charge is -2.23. The molecule has 0 heterocycles. The summed E-state index contributed by atoms with van der Waals surface area (Å²) in [5.41, 5.74) is -1.10. The van der Waals surface area contributed by atoms with Gasteiger partial charge in [0, 0.05) is 7.11 Å². The van der Waals surface area contributed by atoms with E-state index >= 15 is 0 Å². The minimum absolute atomic E-state index is 0.906. The highest BCUT2D eigenvalue weighted by molar-refractivity contribution is 4.71. The van der Waals surface area contributed by atoms with Crippen LogP contribution in [0.15, 0.2) is 0 Å². The van der Waals surface area contributed by atoms with Crippen LogP contribution in [-0.2, 0) is 4.74 Å². The van der Waals surface area contributed by atoms with E-state index in [4.69, 9.17) is 0 Å². The van der Waals surface area contributed by atoms with Crippen LogP contribution >= 0.6 is 0 Å². The van der Waals surface area contributed by atoms with E-state index in [0.717, 1.165) is 0 Å². The maximum Gasteiger partial charge on any atom is 0.391 e. The summed E-state index contributed by atoms with van der Waals surface area (Å²) >= 11 is 0. The second-order valence-electron chi connectivity index (χ2n) is 2.76. The summed E-state index contributed by atoms with van der Waals surface area (Å²) in [6, 6.07) is 0. The Morgan fingerprint density at radius 3 is 1.70 bits per heavy atom. The largest absolute Gasteiger partial charge is 0.391 e. The highest BCUT2D eigenvalue weighted by Crippen LogP contribution is 2.28. The molecule has 0 aromatic rings. The molecule has 10 heavy (non-hydrogen) atoms. The van der Waals surface area contributed by atoms with E-state index in [2.05, 4.69) is 4.74 Å². The highest BCUT2D eigenvalue weighted by Gasteiger charge is 2.36. The molecular weight excluding hydrogens is 145 g/mol. The van der Waals surface area contributed by atoms with Crippen LogP contribution in [0.1, 0.15) is 20.3 Å². The average Bonchev–Trinajstić information content (AvgIpc) is 1.60. The van der Waals surface area contributed by atoms with Gasteiger partial charge in [0.1, 0.15) is 0 Å². The summed E-state index contributed by atoms with van der Waals surface area (Å²) in [6.07, 6.45) is -5.05. The van der Waals surface area contributed by atoms with Crippen molar-refractivity contribution in [1.29, 1.82) is 0 Å². The van der Waals surface area contributed by atoms with Crippen molar-refractivity contribution in [2.45, 2.75) is 32.0 Å². The van der Waals surface area contributed by atoms with Crippen LogP contribution in [0.5, 0.6) is 0 Å². The zero-order valence-corrected chi connectivity index (χ0v) is 6.25. The Morgan fingerprint density at radius 2 is 1.60 bits per heavy atom. The van der Waals surface area contributed by atoms with E-state index in [9.17, 15) is 13.2 Å². The Labute approximate surface area is 58.2 Å². The van der Waals surface area contributed by atoms with Crippen molar-refractivity contribution in [3.63, 3.8) is 0 Å². The first-order valence-electron chi connectivity index (χ1n) is 2.89. The summed E-state index contributed by atoms with van der Waals surface area (Å²) in [5, 5.41) is 0. The van der Waals surface area contributed by atoms with Crippen LogP contribution in [0, 0.1) is 0 Å².